The highest BCUT2D eigenvalue weighted by molar-refractivity contribution is 5.86. The van der Waals surface area contributed by atoms with Gasteiger partial charge < -0.3 is 4.74 Å². The average molecular weight is 369 g/mol. The molecule has 0 aliphatic carbocycles. The van der Waals surface area contributed by atoms with Gasteiger partial charge in [-0.3, -0.25) is 4.68 Å². The van der Waals surface area contributed by atoms with Crippen LogP contribution in [0.1, 0.15) is 22.4 Å². The molecule has 2 aromatic carbocycles. The third-order valence-electron chi connectivity index (χ3n) is 4.55. The Balaban J connectivity index is 2.14. The van der Waals surface area contributed by atoms with Crippen LogP contribution in [0.5, 0.6) is 0 Å². The van der Waals surface area contributed by atoms with E-state index in [2.05, 4.69) is 14.7 Å². The van der Waals surface area contributed by atoms with Crippen molar-refractivity contribution in [2.45, 2.75) is 26.3 Å². The zero-order valence-electron chi connectivity index (χ0n) is 15.1. The van der Waals surface area contributed by atoms with Crippen molar-refractivity contribution in [3.63, 3.8) is 0 Å². The van der Waals surface area contributed by atoms with Gasteiger partial charge in [0.25, 0.3) is 0 Å². The largest absolute Gasteiger partial charge is 0.464 e. The van der Waals surface area contributed by atoms with E-state index < -0.39 is 17.5 Å². The van der Waals surface area contributed by atoms with Crippen LogP contribution in [-0.2, 0) is 22.0 Å². The van der Waals surface area contributed by atoms with Crippen molar-refractivity contribution in [1.82, 2.24) is 9.78 Å². The molecule has 3 rings (SSSR count). The van der Waals surface area contributed by atoms with Gasteiger partial charge in [0.2, 0.25) is 0 Å². The van der Waals surface area contributed by atoms with Crippen LogP contribution in [0.2, 0.25) is 0 Å². The lowest BCUT2D eigenvalue weighted by molar-refractivity contribution is -0.170. The number of carbonyl (C=O) groups is 1. The van der Waals surface area contributed by atoms with Crippen LogP contribution >= 0.6 is 0 Å². The van der Waals surface area contributed by atoms with Crippen LogP contribution in [-0.4, -0.2) is 22.9 Å². The summed E-state index contributed by atoms with van der Waals surface area (Å²) in [7, 11) is 0.924. The highest BCUT2D eigenvalue weighted by atomic mass is 19.3. The van der Waals surface area contributed by atoms with Crippen molar-refractivity contribution in [2.75, 3.05) is 7.11 Å². The standard InChI is InChI=1S/C20H17F2N3O2/c1-12-6-5-7-17(23-3)16(12)11-25-18-10-14(20(21,22)19(26)27-4)8-9-15(18)13(2)24-25/h5-10H,11H2,1-2,4H3. The number of ether oxygens (including phenoxy) is 1. The summed E-state index contributed by atoms with van der Waals surface area (Å²) in [4.78, 5) is 15.0. The van der Waals surface area contributed by atoms with E-state index in [1.165, 1.54) is 18.2 Å². The number of nitrogens with zero attached hydrogens (tertiary/aromatic N) is 3. The Kier molecular flexibility index (Phi) is 4.66. The lowest BCUT2D eigenvalue weighted by Gasteiger charge is -2.14. The topological polar surface area (TPSA) is 48.5 Å². The minimum absolute atomic E-state index is 0.266. The van der Waals surface area contributed by atoms with E-state index >= 15 is 0 Å². The average Bonchev–Trinajstić information content (AvgIpc) is 2.97. The molecule has 0 bridgehead atoms. The molecule has 27 heavy (non-hydrogen) atoms. The van der Waals surface area contributed by atoms with Gasteiger partial charge in [-0.2, -0.15) is 13.9 Å². The van der Waals surface area contributed by atoms with Gasteiger partial charge in [-0.05, 0) is 25.5 Å². The molecule has 0 aliphatic heterocycles. The predicted molar refractivity (Wildman–Crippen MR) is 96.9 cm³/mol. The lowest BCUT2D eigenvalue weighted by atomic mass is 10.0. The number of carbonyl (C=O) groups excluding carboxylic acids is 1. The molecule has 0 atom stereocenters. The maximum absolute atomic E-state index is 14.3. The number of halogens is 2. The van der Waals surface area contributed by atoms with Gasteiger partial charge >= 0.3 is 11.9 Å². The molecule has 0 saturated heterocycles. The molecule has 0 fully saturated rings. The number of fused-ring (bicyclic) bond motifs is 1. The Labute approximate surface area is 155 Å². The lowest BCUT2D eigenvalue weighted by Crippen LogP contribution is -2.27. The Morgan fingerprint density at radius 1 is 1.30 bits per heavy atom. The molecular weight excluding hydrogens is 352 g/mol. The summed E-state index contributed by atoms with van der Waals surface area (Å²) in [5.74, 6) is -5.37. The molecule has 0 unspecified atom stereocenters. The zero-order chi connectivity index (χ0) is 19.8. The van der Waals surface area contributed by atoms with Crippen molar-refractivity contribution < 1.29 is 18.3 Å². The summed E-state index contributed by atoms with van der Waals surface area (Å²) in [6.07, 6.45) is 0. The Morgan fingerprint density at radius 3 is 2.70 bits per heavy atom. The fraction of sp³-hybridized carbons (Fsp3) is 0.250. The van der Waals surface area contributed by atoms with Gasteiger partial charge in [0.15, 0.2) is 5.69 Å². The van der Waals surface area contributed by atoms with Crippen LogP contribution in [0, 0.1) is 20.4 Å². The quantitative estimate of drug-likeness (QED) is 0.502. The Bertz CT molecular complexity index is 1080. The van der Waals surface area contributed by atoms with E-state index in [9.17, 15) is 13.6 Å². The number of hydrogen-bond donors (Lipinski definition) is 0. The van der Waals surface area contributed by atoms with E-state index in [1.807, 2.05) is 13.0 Å². The van der Waals surface area contributed by atoms with Crippen LogP contribution in [0.4, 0.5) is 14.5 Å². The number of rotatable bonds is 4. The van der Waals surface area contributed by atoms with Gasteiger partial charge in [0.05, 0.1) is 31.4 Å². The first-order valence-electron chi connectivity index (χ1n) is 8.19. The predicted octanol–water partition coefficient (Wildman–Crippen LogP) is 4.52. The van der Waals surface area contributed by atoms with E-state index in [4.69, 9.17) is 6.57 Å². The summed E-state index contributed by atoms with van der Waals surface area (Å²) in [5, 5.41) is 5.15. The SMILES string of the molecule is [C-]#[N+]c1cccc(C)c1Cn1nc(C)c2ccc(C(F)(F)C(=O)OC)cc21. The summed E-state index contributed by atoms with van der Waals surface area (Å²) < 4.78 is 34.4. The first-order chi connectivity index (χ1) is 12.8. The van der Waals surface area contributed by atoms with Crippen LogP contribution in [0.15, 0.2) is 36.4 Å². The molecule has 0 amide bonds. The van der Waals surface area contributed by atoms with Gasteiger partial charge in [-0.1, -0.05) is 35.9 Å². The maximum atomic E-state index is 14.3. The second kappa shape index (κ2) is 6.80. The van der Waals surface area contributed by atoms with Crippen LogP contribution in [0.25, 0.3) is 15.7 Å². The van der Waals surface area contributed by atoms with Crippen LogP contribution < -0.4 is 0 Å². The molecule has 5 nitrogen and oxygen atoms in total. The smallest absolute Gasteiger partial charge is 0.381 e. The van der Waals surface area contributed by atoms with E-state index in [1.54, 1.807) is 23.7 Å². The minimum Gasteiger partial charge on any atom is -0.464 e. The van der Waals surface area contributed by atoms with E-state index in [-0.39, 0.29) is 6.54 Å². The number of aryl methyl sites for hydroxylation is 2. The monoisotopic (exact) mass is 369 g/mol. The van der Waals surface area contributed by atoms with Crippen LogP contribution in [0.3, 0.4) is 0 Å². The maximum Gasteiger partial charge on any atom is 0.381 e. The number of benzene rings is 2. The molecule has 0 spiro atoms. The molecule has 0 N–H and O–H groups in total. The van der Waals surface area contributed by atoms with Gasteiger partial charge in [0.1, 0.15) is 0 Å². The third kappa shape index (κ3) is 3.14. The molecule has 0 aliphatic rings. The summed E-state index contributed by atoms with van der Waals surface area (Å²) in [6, 6.07) is 9.38. The minimum atomic E-state index is -3.75. The second-order valence-corrected chi connectivity index (χ2v) is 6.23. The number of alkyl halides is 2. The fourth-order valence-corrected chi connectivity index (χ4v) is 3.05. The Hall–Kier alpha value is -3.27. The van der Waals surface area contributed by atoms with Gasteiger partial charge in [-0.15, -0.1) is 0 Å². The van der Waals surface area contributed by atoms with E-state index in [0.717, 1.165) is 18.2 Å². The number of esters is 1. The first kappa shape index (κ1) is 18.5. The Morgan fingerprint density at radius 2 is 2.04 bits per heavy atom. The summed E-state index contributed by atoms with van der Waals surface area (Å²) in [5.41, 5.74) is 2.87. The third-order valence-corrected chi connectivity index (χ3v) is 4.55. The van der Waals surface area contributed by atoms with Crippen molar-refractivity contribution in [1.29, 1.82) is 0 Å². The zero-order valence-corrected chi connectivity index (χ0v) is 15.1. The number of methoxy groups -OCH3 is 1. The first-order valence-corrected chi connectivity index (χ1v) is 8.19. The van der Waals surface area contributed by atoms with Crippen molar-refractivity contribution in [3.05, 3.63) is 70.2 Å². The second-order valence-electron chi connectivity index (χ2n) is 6.23. The highest BCUT2D eigenvalue weighted by Gasteiger charge is 2.42. The molecule has 3 aromatic rings. The van der Waals surface area contributed by atoms with E-state index in [0.29, 0.717) is 22.3 Å². The normalized spacial score (nSPS) is 11.4. The molecule has 7 heteroatoms. The molecule has 0 saturated carbocycles. The molecule has 138 valence electrons. The number of hydrogen-bond acceptors (Lipinski definition) is 3. The summed E-state index contributed by atoms with van der Waals surface area (Å²) in [6.45, 7) is 11.3. The van der Waals surface area contributed by atoms with Crippen molar-refractivity contribution in [2.24, 2.45) is 0 Å². The van der Waals surface area contributed by atoms with Gasteiger partial charge in [0, 0.05) is 10.9 Å². The van der Waals surface area contributed by atoms with Crippen molar-refractivity contribution in [3.8, 4) is 0 Å². The molecular formula is C20H17F2N3O2. The van der Waals surface area contributed by atoms with Crippen molar-refractivity contribution >= 4 is 22.6 Å². The molecule has 0 radical (unpaired) electrons. The highest BCUT2D eigenvalue weighted by Crippen LogP contribution is 2.33. The molecule has 1 aromatic heterocycles. The fourth-order valence-electron chi connectivity index (χ4n) is 3.05. The van der Waals surface area contributed by atoms with Gasteiger partial charge in [-0.25, -0.2) is 9.64 Å². The molecule has 1 heterocycles. The summed E-state index contributed by atoms with van der Waals surface area (Å²) >= 11 is 0. The number of aromatic nitrogens is 2.